The Hall–Kier alpha value is -0.0800. The molecule has 0 aromatic rings. The second-order valence-corrected chi connectivity index (χ2v) is 6.33. The fourth-order valence-electron chi connectivity index (χ4n) is 3.26. The quantitative estimate of drug-likeness (QED) is 0.719. The molecule has 2 saturated carbocycles. The van der Waals surface area contributed by atoms with Crippen LogP contribution >= 0.6 is 0 Å². The molecule has 2 aliphatic carbocycles. The van der Waals surface area contributed by atoms with Crippen LogP contribution in [0.15, 0.2) is 0 Å². The summed E-state index contributed by atoms with van der Waals surface area (Å²) in [5.41, 5.74) is 0.471. The van der Waals surface area contributed by atoms with Crippen LogP contribution in [0.2, 0.25) is 0 Å². The van der Waals surface area contributed by atoms with Gasteiger partial charge < -0.3 is 10.1 Å². The van der Waals surface area contributed by atoms with Crippen LogP contribution in [-0.2, 0) is 4.74 Å². The van der Waals surface area contributed by atoms with Crippen LogP contribution in [-0.4, -0.2) is 26.3 Å². The lowest BCUT2D eigenvalue weighted by Gasteiger charge is -2.31. The van der Waals surface area contributed by atoms with E-state index in [0.29, 0.717) is 5.41 Å². The summed E-state index contributed by atoms with van der Waals surface area (Å²) in [4.78, 5) is 0. The molecule has 2 unspecified atom stereocenters. The normalized spacial score (nSPS) is 36.8. The topological polar surface area (TPSA) is 21.3 Å². The van der Waals surface area contributed by atoms with Crippen molar-refractivity contribution < 1.29 is 4.74 Å². The van der Waals surface area contributed by atoms with Crippen molar-refractivity contribution in [3.63, 3.8) is 0 Å². The molecule has 2 heteroatoms. The van der Waals surface area contributed by atoms with Gasteiger partial charge >= 0.3 is 0 Å². The minimum atomic E-state index is 0.471. The average molecular weight is 225 g/mol. The summed E-state index contributed by atoms with van der Waals surface area (Å²) in [7, 11) is 0. The lowest BCUT2D eigenvalue weighted by atomic mass is 9.83. The highest BCUT2D eigenvalue weighted by Gasteiger charge is 2.53. The molecule has 2 aliphatic rings. The highest BCUT2D eigenvalue weighted by molar-refractivity contribution is 5.04. The van der Waals surface area contributed by atoms with Crippen molar-refractivity contribution in [3.8, 4) is 0 Å². The first-order valence-electron chi connectivity index (χ1n) is 6.94. The molecule has 0 amide bonds. The van der Waals surface area contributed by atoms with Gasteiger partial charge in [0.25, 0.3) is 0 Å². The molecule has 94 valence electrons. The Labute approximate surface area is 100 Å². The third-order valence-electron chi connectivity index (χ3n) is 4.12. The number of fused-ring (bicyclic) bond motifs is 1. The van der Waals surface area contributed by atoms with E-state index in [1.807, 2.05) is 0 Å². The molecule has 0 saturated heterocycles. The molecule has 0 spiro atoms. The number of ether oxygens (including phenoxy) is 1. The predicted molar refractivity (Wildman–Crippen MR) is 67.5 cm³/mol. The summed E-state index contributed by atoms with van der Waals surface area (Å²) in [5, 5.41) is 3.64. The molecule has 0 bridgehead atoms. The maximum Gasteiger partial charge on any atom is 0.0534 e. The predicted octanol–water partition coefficient (Wildman–Crippen LogP) is 2.68. The van der Waals surface area contributed by atoms with Gasteiger partial charge in [0.05, 0.1) is 6.61 Å². The molecule has 0 aromatic heterocycles. The van der Waals surface area contributed by atoms with Gasteiger partial charge in [0.2, 0.25) is 0 Å². The van der Waals surface area contributed by atoms with Crippen molar-refractivity contribution in [2.24, 2.45) is 23.2 Å². The summed E-state index contributed by atoms with van der Waals surface area (Å²) in [6.07, 6.45) is 4.31. The molecule has 0 aliphatic heterocycles. The van der Waals surface area contributed by atoms with E-state index in [0.717, 1.165) is 44.1 Å². The largest absolute Gasteiger partial charge is 0.381 e. The SMILES string of the molecule is CCOCC1(CNCC(C)C)CC2CC2C1. The smallest absolute Gasteiger partial charge is 0.0534 e. The zero-order valence-corrected chi connectivity index (χ0v) is 11.1. The lowest BCUT2D eigenvalue weighted by molar-refractivity contribution is 0.0457. The first kappa shape index (κ1) is 12.4. The van der Waals surface area contributed by atoms with Crippen LogP contribution in [0.5, 0.6) is 0 Å². The Morgan fingerprint density at radius 3 is 2.56 bits per heavy atom. The van der Waals surface area contributed by atoms with Gasteiger partial charge in [-0.2, -0.15) is 0 Å². The molecule has 1 N–H and O–H groups in total. The standard InChI is InChI=1S/C14H27NO/c1-4-16-10-14(9-15-8-11(2)3)6-12-5-13(12)7-14/h11-13,15H,4-10H2,1-3H3. The second kappa shape index (κ2) is 5.05. The molecule has 16 heavy (non-hydrogen) atoms. The number of nitrogens with one attached hydrogen (secondary N) is 1. The summed E-state index contributed by atoms with van der Waals surface area (Å²) in [5.74, 6) is 2.84. The van der Waals surface area contributed by atoms with Crippen molar-refractivity contribution in [1.82, 2.24) is 5.32 Å². The van der Waals surface area contributed by atoms with Gasteiger partial charge in [0, 0.05) is 18.6 Å². The third kappa shape index (κ3) is 2.98. The van der Waals surface area contributed by atoms with Gasteiger partial charge in [-0.1, -0.05) is 13.8 Å². The van der Waals surface area contributed by atoms with Gasteiger partial charge in [-0.15, -0.1) is 0 Å². The van der Waals surface area contributed by atoms with Crippen molar-refractivity contribution in [1.29, 1.82) is 0 Å². The fraction of sp³-hybridized carbons (Fsp3) is 1.00. The number of hydrogen-bond acceptors (Lipinski definition) is 2. The van der Waals surface area contributed by atoms with E-state index in [4.69, 9.17) is 4.74 Å². The second-order valence-electron chi connectivity index (χ2n) is 6.33. The molecular formula is C14H27NO. The van der Waals surface area contributed by atoms with E-state index in [1.54, 1.807) is 0 Å². The van der Waals surface area contributed by atoms with Crippen molar-refractivity contribution in [3.05, 3.63) is 0 Å². The van der Waals surface area contributed by atoms with E-state index >= 15 is 0 Å². The van der Waals surface area contributed by atoms with Crippen LogP contribution in [0.4, 0.5) is 0 Å². The Kier molecular flexibility index (Phi) is 3.91. The highest BCUT2D eigenvalue weighted by Crippen LogP contribution is 2.59. The summed E-state index contributed by atoms with van der Waals surface area (Å²) in [6.45, 7) is 10.8. The van der Waals surface area contributed by atoms with E-state index in [1.165, 1.54) is 19.3 Å². The van der Waals surface area contributed by atoms with Crippen LogP contribution in [0.25, 0.3) is 0 Å². The minimum Gasteiger partial charge on any atom is -0.381 e. The highest BCUT2D eigenvalue weighted by atomic mass is 16.5. The molecule has 0 radical (unpaired) electrons. The first-order valence-corrected chi connectivity index (χ1v) is 6.94. The average Bonchev–Trinajstić information content (AvgIpc) is 2.84. The molecule has 0 aromatic carbocycles. The Bertz CT molecular complexity index is 217. The van der Waals surface area contributed by atoms with Gasteiger partial charge in [0.1, 0.15) is 0 Å². The fourth-order valence-corrected chi connectivity index (χ4v) is 3.26. The Balaban J connectivity index is 1.78. The summed E-state index contributed by atoms with van der Waals surface area (Å²) in [6, 6.07) is 0. The van der Waals surface area contributed by atoms with E-state index in [2.05, 4.69) is 26.1 Å². The molecule has 2 nitrogen and oxygen atoms in total. The van der Waals surface area contributed by atoms with Gasteiger partial charge in [-0.25, -0.2) is 0 Å². The van der Waals surface area contributed by atoms with E-state index in [-0.39, 0.29) is 0 Å². The van der Waals surface area contributed by atoms with Crippen molar-refractivity contribution in [2.75, 3.05) is 26.3 Å². The number of rotatable bonds is 7. The van der Waals surface area contributed by atoms with Gasteiger partial charge in [0.15, 0.2) is 0 Å². The summed E-state index contributed by atoms with van der Waals surface area (Å²) >= 11 is 0. The zero-order chi connectivity index (χ0) is 11.6. The van der Waals surface area contributed by atoms with E-state index < -0.39 is 0 Å². The molecule has 0 heterocycles. The maximum atomic E-state index is 5.71. The zero-order valence-electron chi connectivity index (χ0n) is 11.1. The van der Waals surface area contributed by atoms with Crippen molar-refractivity contribution >= 4 is 0 Å². The van der Waals surface area contributed by atoms with E-state index in [9.17, 15) is 0 Å². The molecule has 2 rings (SSSR count). The molecular weight excluding hydrogens is 198 g/mol. The maximum absolute atomic E-state index is 5.71. The molecule has 2 fully saturated rings. The van der Waals surface area contributed by atoms with Gasteiger partial charge in [-0.05, 0) is 50.5 Å². The minimum absolute atomic E-state index is 0.471. The third-order valence-corrected chi connectivity index (χ3v) is 4.12. The van der Waals surface area contributed by atoms with Crippen LogP contribution in [0.1, 0.15) is 40.0 Å². The lowest BCUT2D eigenvalue weighted by Crippen LogP contribution is -2.38. The Morgan fingerprint density at radius 2 is 2.00 bits per heavy atom. The van der Waals surface area contributed by atoms with Gasteiger partial charge in [-0.3, -0.25) is 0 Å². The van der Waals surface area contributed by atoms with Crippen LogP contribution in [0.3, 0.4) is 0 Å². The number of hydrogen-bond donors (Lipinski definition) is 1. The monoisotopic (exact) mass is 225 g/mol. The van der Waals surface area contributed by atoms with Crippen LogP contribution < -0.4 is 5.32 Å². The molecule has 2 atom stereocenters. The van der Waals surface area contributed by atoms with Crippen LogP contribution in [0, 0.1) is 23.2 Å². The Morgan fingerprint density at radius 1 is 1.31 bits per heavy atom. The first-order chi connectivity index (χ1) is 7.65. The summed E-state index contributed by atoms with van der Waals surface area (Å²) < 4.78 is 5.71. The van der Waals surface area contributed by atoms with Crippen molar-refractivity contribution in [2.45, 2.75) is 40.0 Å².